The van der Waals surface area contributed by atoms with E-state index in [0.29, 0.717) is 12.2 Å². The van der Waals surface area contributed by atoms with Crippen molar-refractivity contribution >= 4 is 5.91 Å². The maximum Gasteiger partial charge on any atom is 0.270 e. The maximum absolute atomic E-state index is 12.3. The second-order valence-electron chi connectivity index (χ2n) is 4.68. The molecular formula is C15H19N3O. The van der Waals surface area contributed by atoms with Crippen LogP contribution in [0.15, 0.2) is 30.5 Å². The van der Waals surface area contributed by atoms with Crippen molar-refractivity contribution in [3.63, 3.8) is 0 Å². The van der Waals surface area contributed by atoms with Crippen LogP contribution >= 0.6 is 0 Å². The number of aryl methyl sites for hydroxylation is 2. The van der Waals surface area contributed by atoms with Gasteiger partial charge in [0.2, 0.25) is 0 Å². The summed E-state index contributed by atoms with van der Waals surface area (Å²) in [4.78, 5) is 21.4. The van der Waals surface area contributed by atoms with Crippen molar-refractivity contribution in [2.45, 2.75) is 26.8 Å². The van der Waals surface area contributed by atoms with Crippen LogP contribution < -0.4 is 0 Å². The SMILES string of the molecule is CCc1ccc(C(=O)N(C)Cc2ncccc2C)[nH]1. The summed E-state index contributed by atoms with van der Waals surface area (Å²) in [5.41, 5.74) is 3.74. The minimum atomic E-state index is -0.00949. The number of pyridine rings is 1. The van der Waals surface area contributed by atoms with Crippen molar-refractivity contribution in [3.05, 3.63) is 53.1 Å². The zero-order chi connectivity index (χ0) is 13.8. The molecule has 2 aromatic rings. The van der Waals surface area contributed by atoms with Crippen molar-refractivity contribution in [2.24, 2.45) is 0 Å². The summed E-state index contributed by atoms with van der Waals surface area (Å²) < 4.78 is 0. The highest BCUT2D eigenvalue weighted by atomic mass is 16.2. The average Bonchev–Trinajstić information content (AvgIpc) is 2.89. The van der Waals surface area contributed by atoms with Gasteiger partial charge >= 0.3 is 0 Å². The molecule has 0 aliphatic heterocycles. The molecule has 0 unspecified atom stereocenters. The fourth-order valence-electron chi connectivity index (χ4n) is 1.96. The lowest BCUT2D eigenvalue weighted by Gasteiger charge is -2.17. The van der Waals surface area contributed by atoms with Gasteiger partial charge in [0.05, 0.1) is 12.2 Å². The van der Waals surface area contributed by atoms with Crippen LogP contribution in [-0.4, -0.2) is 27.8 Å². The highest BCUT2D eigenvalue weighted by molar-refractivity contribution is 5.92. The van der Waals surface area contributed by atoms with Gasteiger partial charge in [0.15, 0.2) is 0 Å². The number of carbonyl (C=O) groups is 1. The highest BCUT2D eigenvalue weighted by Crippen LogP contribution is 2.10. The number of nitrogens with zero attached hydrogens (tertiary/aromatic N) is 2. The van der Waals surface area contributed by atoms with E-state index in [4.69, 9.17) is 0 Å². The van der Waals surface area contributed by atoms with Crippen molar-refractivity contribution in [2.75, 3.05) is 7.05 Å². The van der Waals surface area contributed by atoms with E-state index in [0.717, 1.165) is 23.4 Å². The zero-order valence-corrected chi connectivity index (χ0v) is 11.6. The summed E-state index contributed by atoms with van der Waals surface area (Å²) >= 11 is 0. The molecule has 100 valence electrons. The lowest BCUT2D eigenvalue weighted by Crippen LogP contribution is -2.27. The van der Waals surface area contributed by atoms with Crippen LogP contribution in [0.2, 0.25) is 0 Å². The quantitative estimate of drug-likeness (QED) is 0.915. The Labute approximate surface area is 113 Å². The average molecular weight is 257 g/mol. The Balaban J connectivity index is 2.09. The third-order valence-corrected chi connectivity index (χ3v) is 3.21. The lowest BCUT2D eigenvalue weighted by atomic mass is 10.2. The Morgan fingerprint density at radius 1 is 1.37 bits per heavy atom. The Morgan fingerprint density at radius 2 is 2.16 bits per heavy atom. The number of amides is 1. The van der Waals surface area contributed by atoms with Crippen LogP contribution in [0.1, 0.15) is 34.4 Å². The number of aromatic amines is 1. The Bertz CT molecular complexity index is 574. The molecule has 0 saturated heterocycles. The summed E-state index contributed by atoms with van der Waals surface area (Å²) in [7, 11) is 1.79. The number of H-pyrrole nitrogens is 1. The summed E-state index contributed by atoms with van der Waals surface area (Å²) in [5, 5.41) is 0. The summed E-state index contributed by atoms with van der Waals surface area (Å²) in [6, 6.07) is 7.69. The monoisotopic (exact) mass is 257 g/mol. The van der Waals surface area contributed by atoms with Gasteiger partial charge in [0, 0.05) is 18.9 Å². The van der Waals surface area contributed by atoms with E-state index in [1.165, 1.54) is 0 Å². The van der Waals surface area contributed by atoms with Crippen molar-refractivity contribution in [3.8, 4) is 0 Å². The van der Waals surface area contributed by atoms with E-state index in [-0.39, 0.29) is 5.91 Å². The van der Waals surface area contributed by atoms with Gasteiger partial charge in [-0.25, -0.2) is 0 Å². The van der Waals surface area contributed by atoms with E-state index in [1.54, 1.807) is 18.1 Å². The van der Waals surface area contributed by atoms with Gasteiger partial charge in [-0.1, -0.05) is 13.0 Å². The Kier molecular flexibility index (Phi) is 4.00. The normalized spacial score (nSPS) is 10.5. The summed E-state index contributed by atoms with van der Waals surface area (Å²) in [6.07, 6.45) is 2.65. The van der Waals surface area contributed by atoms with Gasteiger partial charge in [-0.2, -0.15) is 0 Å². The molecule has 0 aromatic carbocycles. The highest BCUT2D eigenvalue weighted by Gasteiger charge is 2.14. The van der Waals surface area contributed by atoms with Gasteiger partial charge in [-0.15, -0.1) is 0 Å². The fourth-order valence-corrected chi connectivity index (χ4v) is 1.96. The minimum Gasteiger partial charge on any atom is -0.354 e. The second-order valence-corrected chi connectivity index (χ2v) is 4.68. The molecule has 0 spiro atoms. The van der Waals surface area contributed by atoms with Crippen LogP contribution in [0.4, 0.5) is 0 Å². The molecule has 2 rings (SSSR count). The third-order valence-electron chi connectivity index (χ3n) is 3.21. The standard InChI is InChI=1S/C15H19N3O/c1-4-12-7-8-13(17-12)15(19)18(3)10-14-11(2)6-5-9-16-14/h5-9,17H,4,10H2,1-3H3. The zero-order valence-electron chi connectivity index (χ0n) is 11.6. The van der Waals surface area contributed by atoms with Gasteiger partial charge < -0.3 is 9.88 Å². The first-order chi connectivity index (χ1) is 9.11. The molecule has 0 aliphatic rings. The van der Waals surface area contributed by atoms with Gasteiger partial charge in [-0.3, -0.25) is 9.78 Å². The molecule has 0 saturated carbocycles. The molecule has 0 fully saturated rings. The van der Waals surface area contributed by atoms with Crippen LogP contribution in [0.3, 0.4) is 0 Å². The molecule has 19 heavy (non-hydrogen) atoms. The predicted octanol–water partition coefficient (Wildman–Crippen LogP) is 2.55. The number of nitrogens with one attached hydrogen (secondary N) is 1. The van der Waals surface area contributed by atoms with Crippen LogP contribution in [0.25, 0.3) is 0 Å². The molecule has 4 nitrogen and oxygen atoms in total. The van der Waals surface area contributed by atoms with Gasteiger partial charge in [0.25, 0.3) is 5.91 Å². The van der Waals surface area contributed by atoms with Crippen molar-refractivity contribution in [1.82, 2.24) is 14.9 Å². The first-order valence-electron chi connectivity index (χ1n) is 6.45. The molecule has 0 bridgehead atoms. The van der Waals surface area contributed by atoms with Crippen LogP contribution in [0.5, 0.6) is 0 Å². The predicted molar refractivity (Wildman–Crippen MR) is 74.9 cm³/mol. The van der Waals surface area contributed by atoms with E-state index >= 15 is 0 Å². The second kappa shape index (κ2) is 5.69. The maximum atomic E-state index is 12.3. The topological polar surface area (TPSA) is 49.0 Å². The lowest BCUT2D eigenvalue weighted by molar-refractivity contribution is 0.0778. The number of rotatable bonds is 4. The molecule has 2 heterocycles. The van der Waals surface area contributed by atoms with Gasteiger partial charge in [-0.05, 0) is 37.1 Å². The summed E-state index contributed by atoms with van der Waals surface area (Å²) in [6.45, 7) is 4.58. The van der Waals surface area contributed by atoms with E-state index < -0.39 is 0 Å². The smallest absolute Gasteiger partial charge is 0.270 e. The third kappa shape index (κ3) is 3.02. The largest absolute Gasteiger partial charge is 0.354 e. The molecular weight excluding hydrogens is 238 g/mol. The molecule has 4 heteroatoms. The molecule has 0 radical (unpaired) electrons. The van der Waals surface area contributed by atoms with Crippen LogP contribution in [0, 0.1) is 6.92 Å². The number of carbonyl (C=O) groups excluding carboxylic acids is 1. The molecule has 0 aliphatic carbocycles. The first-order valence-corrected chi connectivity index (χ1v) is 6.45. The van der Waals surface area contributed by atoms with Crippen LogP contribution in [-0.2, 0) is 13.0 Å². The Hall–Kier alpha value is -2.10. The van der Waals surface area contributed by atoms with E-state index in [2.05, 4.69) is 16.9 Å². The Morgan fingerprint density at radius 3 is 2.79 bits per heavy atom. The van der Waals surface area contributed by atoms with E-state index in [1.807, 2.05) is 31.2 Å². The molecule has 1 amide bonds. The summed E-state index contributed by atoms with van der Waals surface area (Å²) in [5.74, 6) is -0.00949. The molecule has 2 aromatic heterocycles. The van der Waals surface area contributed by atoms with Crippen molar-refractivity contribution in [1.29, 1.82) is 0 Å². The molecule has 0 atom stereocenters. The molecule has 1 N–H and O–H groups in total. The van der Waals surface area contributed by atoms with Crippen molar-refractivity contribution < 1.29 is 4.79 Å². The number of aromatic nitrogens is 2. The first kappa shape index (κ1) is 13.3. The van der Waals surface area contributed by atoms with Gasteiger partial charge in [0.1, 0.15) is 5.69 Å². The number of hydrogen-bond acceptors (Lipinski definition) is 2. The van der Waals surface area contributed by atoms with E-state index in [9.17, 15) is 4.79 Å². The fraction of sp³-hybridized carbons (Fsp3) is 0.333. The number of hydrogen-bond donors (Lipinski definition) is 1. The minimum absolute atomic E-state index is 0.00949.